The quantitative estimate of drug-likeness (QED) is 0.676. The number of anilines is 1. The number of benzene rings is 1. The molecular weight excluding hydrogens is 376 g/mol. The number of esters is 2. The van der Waals surface area contributed by atoms with Crippen LogP contribution in [0.5, 0.6) is 0 Å². The second-order valence-corrected chi connectivity index (χ2v) is 6.38. The number of hydrogen-bond acceptors (Lipinski definition) is 7. The van der Waals surface area contributed by atoms with Gasteiger partial charge in [0, 0.05) is 5.69 Å². The van der Waals surface area contributed by atoms with Gasteiger partial charge in [-0.3, -0.25) is 4.79 Å². The number of hydrogen-bond donors (Lipinski definition) is 1. The minimum Gasteiger partial charge on any atom is -0.461 e. The standard InChI is InChI=1S/C20H26N4O5/c1-6-15(18(25)21-14-10-9-12(4)13(5)11-14)24-17(20(27)29-8-3)16(22-23-24)19(26)28-7-2/h9-11,15H,6-8H2,1-5H3,(H,21,25)/t15-/m0/s1. The Bertz CT molecular complexity index is 906. The van der Waals surface area contributed by atoms with Crippen molar-refractivity contribution in [1.29, 1.82) is 0 Å². The molecule has 0 aliphatic rings. The van der Waals surface area contributed by atoms with E-state index in [2.05, 4.69) is 15.6 Å². The van der Waals surface area contributed by atoms with Crippen molar-refractivity contribution in [3.63, 3.8) is 0 Å². The lowest BCUT2D eigenvalue weighted by molar-refractivity contribution is -0.119. The molecule has 0 saturated carbocycles. The lowest BCUT2D eigenvalue weighted by Crippen LogP contribution is -2.29. The molecule has 9 nitrogen and oxygen atoms in total. The molecule has 0 unspecified atom stereocenters. The highest BCUT2D eigenvalue weighted by Gasteiger charge is 2.33. The van der Waals surface area contributed by atoms with Gasteiger partial charge in [-0.05, 0) is 57.4 Å². The third-order valence-corrected chi connectivity index (χ3v) is 4.39. The van der Waals surface area contributed by atoms with Crippen LogP contribution in [-0.4, -0.2) is 46.1 Å². The summed E-state index contributed by atoms with van der Waals surface area (Å²) >= 11 is 0. The number of ether oxygens (including phenoxy) is 2. The van der Waals surface area contributed by atoms with Crippen molar-refractivity contribution in [2.75, 3.05) is 18.5 Å². The molecule has 0 radical (unpaired) electrons. The third-order valence-electron chi connectivity index (χ3n) is 4.39. The average molecular weight is 402 g/mol. The van der Waals surface area contributed by atoms with E-state index in [1.807, 2.05) is 26.0 Å². The van der Waals surface area contributed by atoms with Crippen LogP contribution in [0.2, 0.25) is 0 Å². The summed E-state index contributed by atoms with van der Waals surface area (Å²) in [5.74, 6) is -1.98. The Morgan fingerprint density at radius 3 is 2.28 bits per heavy atom. The highest BCUT2D eigenvalue weighted by molar-refractivity contribution is 6.01. The number of carbonyl (C=O) groups excluding carboxylic acids is 3. The maximum atomic E-state index is 12.9. The van der Waals surface area contributed by atoms with Gasteiger partial charge in [0.15, 0.2) is 5.69 Å². The van der Waals surface area contributed by atoms with Gasteiger partial charge in [-0.25, -0.2) is 14.3 Å². The number of amides is 1. The molecule has 2 aromatic rings. The van der Waals surface area contributed by atoms with Gasteiger partial charge in [0.2, 0.25) is 11.6 Å². The predicted molar refractivity (Wildman–Crippen MR) is 106 cm³/mol. The van der Waals surface area contributed by atoms with Gasteiger partial charge in [-0.1, -0.05) is 18.2 Å². The minimum atomic E-state index is -0.869. The highest BCUT2D eigenvalue weighted by Crippen LogP contribution is 2.21. The molecule has 0 spiro atoms. The fourth-order valence-corrected chi connectivity index (χ4v) is 2.75. The summed E-state index contributed by atoms with van der Waals surface area (Å²) < 4.78 is 11.1. The van der Waals surface area contributed by atoms with Gasteiger partial charge < -0.3 is 14.8 Å². The molecule has 1 N–H and O–H groups in total. The topological polar surface area (TPSA) is 112 Å². The molecule has 29 heavy (non-hydrogen) atoms. The van der Waals surface area contributed by atoms with Crippen LogP contribution in [0.15, 0.2) is 18.2 Å². The molecule has 9 heteroatoms. The molecule has 1 heterocycles. The first kappa shape index (κ1) is 22.1. The lowest BCUT2D eigenvalue weighted by atomic mass is 10.1. The van der Waals surface area contributed by atoms with Crippen LogP contribution in [0.3, 0.4) is 0 Å². The molecule has 0 bridgehead atoms. The molecular formula is C20H26N4O5. The molecule has 1 amide bonds. The zero-order chi connectivity index (χ0) is 21.6. The van der Waals surface area contributed by atoms with Crippen LogP contribution in [0.1, 0.15) is 65.3 Å². The maximum Gasteiger partial charge on any atom is 0.361 e. The second kappa shape index (κ2) is 9.81. The molecule has 156 valence electrons. The van der Waals surface area contributed by atoms with Crippen LogP contribution in [0.25, 0.3) is 0 Å². The van der Waals surface area contributed by atoms with Crippen molar-refractivity contribution in [3.05, 3.63) is 40.7 Å². The Morgan fingerprint density at radius 1 is 1.03 bits per heavy atom. The van der Waals surface area contributed by atoms with Gasteiger partial charge in [0.1, 0.15) is 6.04 Å². The summed E-state index contributed by atoms with van der Waals surface area (Å²) in [7, 11) is 0. The number of carbonyl (C=O) groups is 3. The zero-order valence-corrected chi connectivity index (χ0v) is 17.3. The van der Waals surface area contributed by atoms with Gasteiger partial charge >= 0.3 is 11.9 Å². The fraction of sp³-hybridized carbons (Fsp3) is 0.450. The van der Waals surface area contributed by atoms with Gasteiger partial charge in [0.25, 0.3) is 0 Å². The van der Waals surface area contributed by atoms with Gasteiger partial charge in [-0.15, -0.1) is 5.10 Å². The van der Waals surface area contributed by atoms with Crippen molar-refractivity contribution in [3.8, 4) is 0 Å². The van der Waals surface area contributed by atoms with Crippen LogP contribution in [0, 0.1) is 13.8 Å². The van der Waals surface area contributed by atoms with Gasteiger partial charge in [0.05, 0.1) is 13.2 Å². The first-order chi connectivity index (χ1) is 13.8. The summed E-state index contributed by atoms with van der Waals surface area (Å²) in [6.45, 7) is 9.18. The molecule has 0 aliphatic carbocycles. The molecule has 1 atom stereocenters. The summed E-state index contributed by atoms with van der Waals surface area (Å²) in [5.41, 5.74) is 2.29. The normalized spacial score (nSPS) is 11.6. The van der Waals surface area contributed by atoms with Crippen LogP contribution < -0.4 is 5.32 Å². The van der Waals surface area contributed by atoms with Crippen molar-refractivity contribution < 1.29 is 23.9 Å². The summed E-state index contributed by atoms with van der Waals surface area (Å²) in [4.78, 5) is 37.6. The number of nitrogens with one attached hydrogen (secondary N) is 1. The molecule has 0 aliphatic heterocycles. The van der Waals surface area contributed by atoms with Crippen LogP contribution >= 0.6 is 0 Å². The van der Waals surface area contributed by atoms with E-state index in [-0.39, 0.29) is 30.5 Å². The van der Waals surface area contributed by atoms with Crippen molar-refractivity contribution in [1.82, 2.24) is 15.0 Å². The molecule has 1 aromatic heterocycles. The van der Waals surface area contributed by atoms with Crippen LogP contribution in [-0.2, 0) is 14.3 Å². The number of nitrogens with zero attached hydrogens (tertiary/aromatic N) is 3. The van der Waals surface area contributed by atoms with Crippen molar-refractivity contribution >= 4 is 23.5 Å². The monoisotopic (exact) mass is 402 g/mol. The van der Waals surface area contributed by atoms with Gasteiger partial charge in [-0.2, -0.15) is 0 Å². The lowest BCUT2D eigenvalue weighted by Gasteiger charge is -2.17. The zero-order valence-electron chi connectivity index (χ0n) is 17.3. The fourth-order valence-electron chi connectivity index (χ4n) is 2.75. The largest absolute Gasteiger partial charge is 0.461 e. The Labute approximate surface area is 169 Å². The second-order valence-electron chi connectivity index (χ2n) is 6.38. The molecule has 0 fully saturated rings. The first-order valence-corrected chi connectivity index (χ1v) is 9.51. The number of rotatable bonds is 8. The van der Waals surface area contributed by atoms with E-state index in [0.29, 0.717) is 12.1 Å². The maximum absolute atomic E-state index is 12.9. The van der Waals surface area contributed by atoms with E-state index >= 15 is 0 Å². The minimum absolute atomic E-state index is 0.0951. The Morgan fingerprint density at radius 2 is 1.69 bits per heavy atom. The average Bonchev–Trinajstić information content (AvgIpc) is 3.10. The molecule has 2 rings (SSSR count). The van der Waals surface area contributed by atoms with E-state index in [9.17, 15) is 14.4 Å². The predicted octanol–water partition coefficient (Wildman–Crippen LogP) is 2.84. The van der Waals surface area contributed by atoms with E-state index in [1.54, 1.807) is 26.8 Å². The summed E-state index contributed by atoms with van der Waals surface area (Å²) in [6, 6.07) is 4.69. The third kappa shape index (κ3) is 4.98. The summed E-state index contributed by atoms with van der Waals surface area (Å²) in [6.07, 6.45) is 0.314. The smallest absolute Gasteiger partial charge is 0.361 e. The Balaban J connectivity index is 2.40. The first-order valence-electron chi connectivity index (χ1n) is 9.51. The van der Waals surface area contributed by atoms with Crippen molar-refractivity contribution in [2.45, 2.75) is 47.1 Å². The van der Waals surface area contributed by atoms with E-state index in [4.69, 9.17) is 9.47 Å². The molecule has 0 saturated heterocycles. The highest BCUT2D eigenvalue weighted by atomic mass is 16.5. The Kier molecular flexibility index (Phi) is 7.46. The van der Waals surface area contributed by atoms with Crippen LogP contribution in [0.4, 0.5) is 5.69 Å². The SMILES string of the molecule is CCOC(=O)c1nnn([C@@H](CC)C(=O)Nc2ccc(C)c(C)c2)c1C(=O)OCC. The number of aromatic nitrogens is 3. The van der Waals surface area contributed by atoms with E-state index in [0.717, 1.165) is 15.8 Å². The Hall–Kier alpha value is -3.23. The van der Waals surface area contributed by atoms with E-state index < -0.39 is 18.0 Å². The number of aryl methyl sites for hydroxylation is 2. The summed E-state index contributed by atoms with van der Waals surface area (Å²) in [5, 5.41) is 10.5. The molecule has 1 aromatic carbocycles. The van der Waals surface area contributed by atoms with Crippen molar-refractivity contribution in [2.24, 2.45) is 0 Å². The van der Waals surface area contributed by atoms with E-state index in [1.165, 1.54) is 0 Å².